The van der Waals surface area contributed by atoms with Gasteiger partial charge in [-0.2, -0.15) is 0 Å². The molecule has 0 aliphatic carbocycles. The van der Waals surface area contributed by atoms with Crippen molar-refractivity contribution in [3.63, 3.8) is 0 Å². The van der Waals surface area contributed by atoms with Crippen molar-refractivity contribution >= 4 is 21.8 Å². The van der Waals surface area contributed by atoms with E-state index in [0.717, 1.165) is 30.4 Å². The van der Waals surface area contributed by atoms with Crippen LogP contribution in [0.2, 0.25) is 0 Å². The number of piperidine rings is 1. The first kappa shape index (κ1) is 13.6. The second kappa shape index (κ2) is 5.89. The highest BCUT2D eigenvalue weighted by Crippen LogP contribution is 2.14. The molecule has 0 bridgehead atoms. The molecule has 0 saturated carbocycles. The number of aromatic amines is 1. The van der Waals surface area contributed by atoms with E-state index < -0.39 is 0 Å². The second-order valence-corrected chi connectivity index (χ2v) is 6.02. The lowest BCUT2D eigenvalue weighted by Gasteiger charge is -2.34. The van der Waals surface area contributed by atoms with Crippen molar-refractivity contribution in [2.75, 3.05) is 13.1 Å². The van der Waals surface area contributed by atoms with Gasteiger partial charge in [0.05, 0.1) is 0 Å². The summed E-state index contributed by atoms with van der Waals surface area (Å²) in [6, 6.07) is 2.70. The predicted molar refractivity (Wildman–Crippen MR) is 75.7 cm³/mol. The van der Waals surface area contributed by atoms with Crippen LogP contribution in [0, 0.1) is 0 Å². The largest absolute Gasteiger partial charge is 0.356 e. The summed E-state index contributed by atoms with van der Waals surface area (Å²) < 4.78 is 0.905. The summed E-state index contributed by atoms with van der Waals surface area (Å²) in [6.45, 7) is 6.57. The molecule has 0 atom stereocenters. The number of nitrogens with one attached hydrogen (secondary N) is 2. The van der Waals surface area contributed by atoms with Gasteiger partial charge < -0.3 is 15.2 Å². The molecule has 2 rings (SSSR count). The third-order valence-corrected chi connectivity index (χ3v) is 3.95. The van der Waals surface area contributed by atoms with E-state index >= 15 is 0 Å². The van der Waals surface area contributed by atoms with Crippen molar-refractivity contribution in [3.05, 3.63) is 22.4 Å². The molecule has 4 nitrogen and oxygen atoms in total. The van der Waals surface area contributed by atoms with Gasteiger partial charge in [0.1, 0.15) is 5.69 Å². The molecule has 0 radical (unpaired) electrons. The summed E-state index contributed by atoms with van der Waals surface area (Å²) in [5, 5.41) is 3.09. The van der Waals surface area contributed by atoms with Crippen LogP contribution in [-0.4, -0.2) is 41.0 Å². The molecule has 0 unspecified atom stereocenters. The van der Waals surface area contributed by atoms with Crippen LogP contribution in [-0.2, 0) is 0 Å². The zero-order valence-corrected chi connectivity index (χ0v) is 12.5. The number of hydrogen-bond donors (Lipinski definition) is 2. The van der Waals surface area contributed by atoms with Crippen molar-refractivity contribution in [3.8, 4) is 0 Å². The Bertz CT molecular complexity index is 408. The van der Waals surface area contributed by atoms with Crippen molar-refractivity contribution in [2.24, 2.45) is 0 Å². The molecule has 1 aromatic heterocycles. The quantitative estimate of drug-likeness (QED) is 0.900. The highest BCUT2D eigenvalue weighted by Gasteiger charge is 2.22. The lowest BCUT2D eigenvalue weighted by Crippen LogP contribution is -2.46. The Kier molecular flexibility index (Phi) is 4.45. The summed E-state index contributed by atoms with van der Waals surface area (Å²) >= 11 is 3.33. The number of likely N-dealkylation sites (tertiary alicyclic amines) is 1. The molecule has 0 spiro atoms. The highest BCUT2D eigenvalue weighted by molar-refractivity contribution is 9.10. The van der Waals surface area contributed by atoms with Gasteiger partial charge in [-0.15, -0.1) is 0 Å². The Balaban J connectivity index is 1.83. The average Bonchev–Trinajstić information content (AvgIpc) is 2.76. The van der Waals surface area contributed by atoms with Gasteiger partial charge in [-0.05, 0) is 48.7 Å². The normalized spacial score (nSPS) is 18.2. The zero-order valence-electron chi connectivity index (χ0n) is 10.9. The van der Waals surface area contributed by atoms with E-state index in [2.05, 4.69) is 45.0 Å². The first-order valence-corrected chi connectivity index (χ1v) is 7.24. The molecule has 1 aliphatic rings. The summed E-state index contributed by atoms with van der Waals surface area (Å²) in [5.41, 5.74) is 0.619. The van der Waals surface area contributed by atoms with Gasteiger partial charge in [-0.25, -0.2) is 0 Å². The van der Waals surface area contributed by atoms with E-state index in [1.54, 1.807) is 12.3 Å². The summed E-state index contributed by atoms with van der Waals surface area (Å²) in [5.74, 6) is -0.0105. The maximum absolute atomic E-state index is 12.0. The van der Waals surface area contributed by atoms with Crippen LogP contribution in [0.5, 0.6) is 0 Å². The molecule has 1 saturated heterocycles. The van der Waals surface area contributed by atoms with Crippen LogP contribution in [0.15, 0.2) is 16.7 Å². The Morgan fingerprint density at radius 2 is 2.17 bits per heavy atom. The smallest absolute Gasteiger partial charge is 0.267 e. The number of carbonyl (C=O) groups is 1. The third-order valence-electron chi connectivity index (χ3n) is 3.49. The number of carbonyl (C=O) groups excluding carboxylic acids is 1. The molecule has 1 aliphatic heterocycles. The van der Waals surface area contributed by atoms with Crippen LogP contribution < -0.4 is 5.32 Å². The first-order chi connectivity index (χ1) is 8.56. The van der Waals surface area contributed by atoms with Crippen LogP contribution in [0.1, 0.15) is 37.2 Å². The van der Waals surface area contributed by atoms with Gasteiger partial charge in [-0.1, -0.05) is 0 Å². The average molecular weight is 314 g/mol. The van der Waals surface area contributed by atoms with Gasteiger partial charge in [0.15, 0.2) is 0 Å². The molecule has 2 N–H and O–H groups in total. The first-order valence-electron chi connectivity index (χ1n) is 6.45. The van der Waals surface area contributed by atoms with Crippen LogP contribution in [0.4, 0.5) is 0 Å². The summed E-state index contributed by atoms with van der Waals surface area (Å²) in [4.78, 5) is 17.4. The molecule has 100 valence electrons. The number of H-pyrrole nitrogens is 1. The minimum Gasteiger partial charge on any atom is -0.356 e. The Morgan fingerprint density at radius 1 is 1.50 bits per heavy atom. The van der Waals surface area contributed by atoms with Gasteiger partial charge in [-0.3, -0.25) is 4.79 Å². The molecule has 0 aromatic carbocycles. The standard InChI is InChI=1S/C13H20BrN3O/c1-9(2)17-5-3-11(4-6-17)16-13(18)12-7-10(14)8-15-12/h7-9,11,15H,3-6H2,1-2H3,(H,16,18). The lowest BCUT2D eigenvalue weighted by atomic mass is 10.0. The van der Waals surface area contributed by atoms with Gasteiger partial charge in [0.2, 0.25) is 0 Å². The monoisotopic (exact) mass is 313 g/mol. The van der Waals surface area contributed by atoms with E-state index in [9.17, 15) is 4.79 Å². The number of aromatic nitrogens is 1. The molecule has 2 heterocycles. The van der Waals surface area contributed by atoms with Crippen molar-refractivity contribution in [2.45, 2.75) is 38.8 Å². The Labute approximate surface area is 116 Å². The number of amides is 1. The fraction of sp³-hybridized carbons (Fsp3) is 0.615. The molecule has 1 amide bonds. The van der Waals surface area contributed by atoms with E-state index in [-0.39, 0.29) is 5.91 Å². The summed E-state index contributed by atoms with van der Waals surface area (Å²) in [6.07, 6.45) is 3.84. The lowest BCUT2D eigenvalue weighted by molar-refractivity contribution is 0.0896. The Morgan fingerprint density at radius 3 is 2.67 bits per heavy atom. The number of halogens is 1. The minimum absolute atomic E-state index is 0.0105. The molecule has 5 heteroatoms. The SMILES string of the molecule is CC(C)N1CCC(NC(=O)c2cc(Br)c[nH]2)CC1. The fourth-order valence-corrected chi connectivity index (χ4v) is 2.67. The van der Waals surface area contributed by atoms with Crippen molar-refractivity contribution in [1.82, 2.24) is 15.2 Å². The van der Waals surface area contributed by atoms with Crippen molar-refractivity contribution in [1.29, 1.82) is 0 Å². The van der Waals surface area contributed by atoms with Crippen LogP contribution >= 0.6 is 15.9 Å². The number of rotatable bonds is 3. The third kappa shape index (κ3) is 3.36. The molecule has 18 heavy (non-hydrogen) atoms. The molecule has 1 fully saturated rings. The highest BCUT2D eigenvalue weighted by atomic mass is 79.9. The number of hydrogen-bond acceptors (Lipinski definition) is 2. The van der Waals surface area contributed by atoms with E-state index in [0.29, 0.717) is 17.8 Å². The number of nitrogens with zero attached hydrogens (tertiary/aromatic N) is 1. The van der Waals surface area contributed by atoms with Crippen LogP contribution in [0.3, 0.4) is 0 Å². The fourth-order valence-electron chi connectivity index (χ4n) is 2.32. The van der Waals surface area contributed by atoms with Gasteiger partial charge in [0, 0.05) is 35.8 Å². The molecular formula is C13H20BrN3O. The van der Waals surface area contributed by atoms with Crippen molar-refractivity contribution < 1.29 is 4.79 Å². The van der Waals surface area contributed by atoms with E-state index in [1.165, 1.54) is 0 Å². The van der Waals surface area contributed by atoms with Gasteiger partial charge >= 0.3 is 0 Å². The Hall–Kier alpha value is -0.810. The molecular weight excluding hydrogens is 294 g/mol. The molecule has 1 aromatic rings. The maximum atomic E-state index is 12.0. The second-order valence-electron chi connectivity index (χ2n) is 5.11. The van der Waals surface area contributed by atoms with E-state index in [1.807, 2.05) is 0 Å². The maximum Gasteiger partial charge on any atom is 0.267 e. The van der Waals surface area contributed by atoms with E-state index in [4.69, 9.17) is 0 Å². The van der Waals surface area contributed by atoms with Gasteiger partial charge in [0.25, 0.3) is 5.91 Å². The summed E-state index contributed by atoms with van der Waals surface area (Å²) in [7, 11) is 0. The predicted octanol–water partition coefficient (Wildman–Crippen LogP) is 2.38. The zero-order chi connectivity index (χ0) is 13.1. The topological polar surface area (TPSA) is 48.1 Å². The minimum atomic E-state index is -0.0105. The van der Waals surface area contributed by atoms with Crippen LogP contribution in [0.25, 0.3) is 0 Å².